The van der Waals surface area contributed by atoms with Crippen molar-refractivity contribution in [2.45, 2.75) is 150 Å². The molecule has 0 aromatic rings. The lowest BCUT2D eigenvalue weighted by molar-refractivity contribution is -0.127. The molecule has 2 heteroatoms. The highest BCUT2D eigenvalue weighted by Gasteiger charge is 2.30. The zero-order valence-electron chi connectivity index (χ0n) is 21.4. The van der Waals surface area contributed by atoms with Crippen LogP contribution < -0.4 is 0 Å². The molecule has 0 amide bonds. The Balaban J connectivity index is 3.87. The molecule has 30 heavy (non-hydrogen) atoms. The molecule has 0 aromatic heterocycles. The summed E-state index contributed by atoms with van der Waals surface area (Å²) in [5, 5.41) is 1.16. The minimum absolute atomic E-state index is 0.0937. The lowest BCUT2D eigenvalue weighted by Gasteiger charge is -2.30. The molecule has 0 aromatic carbocycles. The van der Waals surface area contributed by atoms with Gasteiger partial charge in [0, 0.05) is 10.7 Å². The average Bonchev–Trinajstić information content (AvgIpc) is 2.69. The lowest BCUT2D eigenvalue weighted by atomic mass is 9.73. The van der Waals surface area contributed by atoms with Gasteiger partial charge in [0.05, 0.1) is 0 Å². The van der Waals surface area contributed by atoms with Gasteiger partial charge >= 0.3 is 0 Å². The predicted molar refractivity (Wildman–Crippen MR) is 140 cm³/mol. The van der Waals surface area contributed by atoms with Crippen LogP contribution in [0, 0.1) is 17.3 Å². The molecule has 0 aliphatic carbocycles. The topological polar surface area (TPSA) is 17.1 Å². The number of hydrogen-bond acceptors (Lipinski definition) is 1. The molecule has 0 radical (unpaired) electrons. The van der Waals surface area contributed by atoms with E-state index in [1.165, 1.54) is 103 Å². The minimum Gasteiger partial charge on any atom is -0.299 e. The highest BCUT2D eigenvalue weighted by molar-refractivity contribution is 9.09. The molecule has 0 N–H and O–H groups in total. The van der Waals surface area contributed by atoms with Gasteiger partial charge < -0.3 is 0 Å². The first kappa shape index (κ1) is 30.1. The third-order valence-corrected chi connectivity index (χ3v) is 7.75. The lowest BCUT2D eigenvalue weighted by Crippen LogP contribution is -2.28. The molecule has 3 atom stereocenters. The number of halogens is 1. The van der Waals surface area contributed by atoms with E-state index in [0.29, 0.717) is 11.7 Å². The second-order valence-corrected chi connectivity index (χ2v) is 11.4. The maximum atomic E-state index is 12.4. The van der Waals surface area contributed by atoms with Crippen LogP contribution in [0.3, 0.4) is 0 Å². The second-order valence-electron chi connectivity index (χ2n) is 10.6. The van der Waals surface area contributed by atoms with E-state index in [-0.39, 0.29) is 5.41 Å². The van der Waals surface area contributed by atoms with Crippen molar-refractivity contribution in [2.75, 3.05) is 5.33 Å². The zero-order valence-corrected chi connectivity index (χ0v) is 23.0. The second kappa shape index (κ2) is 19.8. The van der Waals surface area contributed by atoms with Crippen molar-refractivity contribution in [1.82, 2.24) is 0 Å². The molecule has 0 saturated heterocycles. The van der Waals surface area contributed by atoms with Gasteiger partial charge in [0.1, 0.15) is 5.78 Å². The van der Waals surface area contributed by atoms with Crippen LogP contribution >= 0.6 is 15.9 Å². The normalized spacial score (nSPS) is 15.7. The maximum Gasteiger partial charge on any atom is 0.135 e. The smallest absolute Gasteiger partial charge is 0.135 e. The molecule has 0 heterocycles. The molecule has 0 rings (SSSR count). The highest BCUT2D eigenvalue weighted by Crippen LogP contribution is 2.35. The van der Waals surface area contributed by atoms with Crippen LogP contribution in [-0.2, 0) is 4.79 Å². The van der Waals surface area contributed by atoms with Crippen molar-refractivity contribution >= 4 is 21.7 Å². The fourth-order valence-corrected chi connectivity index (χ4v) is 5.34. The molecule has 0 aliphatic rings. The van der Waals surface area contributed by atoms with Gasteiger partial charge in [-0.1, -0.05) is 140 Å². The number of carbonyl (C=O) groups is 1. The van der Waals surface area contributed by atoms with Gasteiger partial charge in [-0.05, 0) is 38.0 Å². The van der Waals surface area contributed by atoms with E-state index >= 15 is 0 Å². The van der Waals surface area contributed by atoms with Crippen LogP contribution in [0.25, 0.3) is 0 Å². The van der Waals surface area contributed by atoms with Crippen molar-refractivity contribution in [3.63, 3.8) is 0 Å². The van der Waals surface area contributed by atoms with Gasteiger partial charge in [0.15, 0.2) is 0 Å². The quantitative estimate of drug-likeness (QED) is 0.110. The number of ketones is 1. The van der Waals surface area contributed by atoms with E-state index in [0.717, 1.165) is 24.1 Å². The molecule has 0 aliphatic heterocycles. The minimum atomic E-state index is -0.0937. The first-order valence-corrected chi connectivity index (χ1v) is 14.5. The van der Waals surface area contributed by atoms with Crippen molar-refractivity contribution in [1.29, 1.82) is 0 Å². The summed E-state index contributed by atoms with van der Waals surface area (Å²) in [5.41, 5.74) is -0.0937. The fourth-order valence-electron chi connectivity index (χ4n) is 4.95. The van der Waals surface area contributed by atoms with Crippen LogP contribution in [0.4, 0.5) is 0 Å². The van der Waals surface area contributed by atoms with Gasteiger partial charge in [-0.3, -0.25) is 4.79 Å². The van der Waals surface area contributed by atoms with Crippen LogP contribution in [-0.4, -0.2) is 11.1 Å². The number of carbonyl (C=O) groups excluding carboxylic acids is 1. The molecular formula is C28H55BrO. The van der Waals surface area contributed by atoms with E-state index < -0.39 is 0 Å². The third-order valence-electron chi connectivity index (χ3n) is 7.19. The Morgan fingerprint density at radius 3 is 1.67 bits per heavy atom. The molecular weight excluding hydrogens is 432 g/mol. The van der Waals surface area contributed by atoms with Crippen LogP contribution in [0.2, 0.25) is 0 Å². The predicted octanol–water partition coefficient (Wildman–Crippen LogP) is 10.3. The Hall–Kier alpha value is 0.150. The summed E-state index contributed by atoms with van der Waals surface area (Å²) in [6.07, 6.45) is 23.8. The summed E-state index contributed by atoms with van der Waals surface area (Å²) in [7, 11) is 0. The molecule has 180 valence electrons. The van der Waals surface area contributed by atoms with E-state index in [9.17, 15) is 4.79 Å². The van der Waals surface area contributed by atoms with E-state index in [4.69, 9.17) is 0 Å². The summed E-state index contributed by atoms with van der Waals surface area (Å²) in [6, 6.07) is 0. The zero-order chi connectivity index (χ0) is 22.7. The number of Topliss-reactive ketones (excluding diaryl/α,β-unsaturated/α-hetero) is 1. The standard InChI is InChI=1S/C28H55BrO/c1-6-19-25(2)20-18-21-26(3)24-28(5,27(4)30)22-16-14-12-10-8-7-9-11-13-15-17-23-29/h25-26H,6-24H2,1-5H3. The van der Waals surface area contributed by atoms with E-state index in [1.54, 1.807) is 0 Å². The molecule has 0 fully saturated rings. The highest BCUT2D eigenvalue weighted by atomic mass is 79.9. The SMILES string of the molecule is CCCC(C)CCCC(C)CC(C)(CCCCCCCCCCCCCBr)C(C)=O. The fraction of sp³-hybridized carbons (Fsp3) is 0.964. The average molecular weight is 488 g/mol. The number of unbranched alkanes of at least 4 members (excludes halogenated alkanes) is 10. The van der Waals surface area contributed by atoms with Gasteiger partial charge in [-0.2, -0.15) is 0 Å². The van der Waals surface area contributed by atoms with Crippen molar-refractivity contribution in [3.8, 4) is 0 Å². The number of rotatable bonds is 22. The third kappa shape index (κ3) is 16.8. The first-order valence-electron chi connectivity index (χ1n) is 13.4. The Bertz CT molecular complexity index is 394. The Labute approximate surface area is 199 Å². The Morgan fingerprint density at radius 2 is 1.20 bits per heavy atom. The number of alkyl halides is 1. The summed E-state index contributed by atoms with van der Waals surface area (Å²) >= 11 is 3.51. The van der Waals surface area contributed by atoms with Crippen molar-refractivity contribution in [3.05, 3.63) is 0 Å². The van der Waals surface area contributed by atoms with E-state index in [2.05, 4.69) is 43.6 Å². The molecule has 0 saturated carbocycles. The first-order chi connectivity index (χ1) is 14.4. The summed E-state index contributed by atoms with van der Waals surface area (Å²) < 4.78 is 0. The summed E-state index contributed by atoms with van der Waals surface area (Å²) in [5.74, 6) is 1.94. The van der Waals surface area contributed by atoms with Crippen molar-refractivity contribution < 1.29 is 4.79 Å². The largest absolute Gasteiger partial charge is 0.299 e. The summed E-state index contributed by atoms with van der Waals surface area (Å²) in [6.45, 7) is 11.1. The van der Waals surface area contributed by atoms with E-state index in [1.807, 2.05) is 6.92 Å². The molecule has 1 nitrogen and oxygen atoms in total. The van der Waals surface area contributed by atoms with Gasteiger partial charge in [-0.15, -0.1) is 0 Å². The van der Waals surface area contributed by atoms with Crippen LogP contribution in [0.1, 0.15) is 150 Å². The molecule has 0 bridgehead atoms. The summed E-state index contributed by atoms with van der Waals surface area (Å²) in [4.78, 5) is 12.4. The van der Waals surface area contributed by atoms with Crippen LogP contribution in [0.15, 0.2) is 0 Å². The monoisotopic (exact) mass is 486 g/mol. The van der Waals surface area contributed by atoms with Gasteiger partial charge in [0.25, 0.3) is 0 Å². The van der Waals surface area contributed by atoms with Crippen LogP contribution in [0.5, 0.6) is 0 Å². The Kier molecular flexibility index (Phi) is 19.9. The molecule has 3 unspecified atom stereocenters. The molecule has 0 spiro atoms. The van der Waals surface area contributed by atoms with Crippen molar-refractivity contribution in [2.24, 2.45) is 17.3 Å². The van der Waals surface area contributed by atoms with Gasteiger partial charge in [-0.25, -0.2) is 0 Å². The Morgan fingerprint density at radius 1 is 0.733 bits per heavy atom. The number of hydrogen-bond donors (Lipinski definition) is 0. The maximum absolute atomic E-state index is 12.4. The van der Waals surface area contributed by atoms with Gasteiger partial charge in [0.2, 0.25) is 0 Å².